The predicted molar refractivity (Wildman–Crippen MR) is 102 cm³/mol. The highest BCUT2D eigenvalue weighted by atomic mass is 32.1. The number of carbonyl (C=O) groups is 2. The van der Waals surface area contributed by atoms with Gasteiger partial charge in [0.05, 0.1) is 12.2 Å². The van der Waals surface area contributed by atoms with Gasteiger partial charge in [0.25, 0.3) is 5.91 Å². The van der Waals surface area contributed by atoms with Crippen LogP contribution in [0, 0.1) is 13.8 Å². The molecule has 0 aliphatic rings. The number of benzene rings is 2. The number of hydrogen-bond donors (Lipinski definition) is 2. The largest absolute Gasteiger partial charge is 0.462 e. The quantitative estimate of drug-likeness (QED) is 0.647. The van der Waals surface area contributed by atoms with Crippen molar-refractivity contribution in [2.45, 2.75) is 20.8 Å². The van der Waals surface area contributed by atoms with Gasteiger partial charge in [0.15, 0.2) is 5.11 Å². The third-order valence-electron chi connectivity index (χ3n) is 3.51. The summed E-state index contributed by atoms with van der Waals surface area (Å²) in [5.74, 6) is -0.641. The Kier molecular flexibility index (Phi) is 6.25. The summed E-state index contributed by atoms with van der Waals surface area (Å²) in [6, 6.07) is 12.3. The van der Waals surface area contributed by atoms with Gasteiger partial charge in [-0.2, -0.15) is 0 Å². The number of carbonyl (C=O) groups excluding carboxylic acids is 2. The van der Waals surface area contributed by atoms with E-state index >= 15 is 0 Å². The van der Waals surface area contributed by atoms with Crippen molar-refractivity contribution in [3.63, 3.8) is 0 Å². The number of aryl methyl sites for hydroxylation is 2. The SMILES string of the molecule is CCOC(=O)c1ccc(NC(=S)NC(=O)c2ccc(C)cc2C)cc1. The lowest BCUT2D eigenvalue weighted by Crippen LogP contribution is -2.34. The minimum Gasteiger partial charge on any atom is -0.462 e. The summed E-state index contributed by atoms with van der Waals surface area (Å²) in [7, 11) is 0. The van der Waals surface area contributed by atoms with E-state index in [2.05, 4.69) is 10.6 Å². The Bertz CT molecular complexity index is 801. The summed E-state index contributed by atoms with van der Waals surface area (Å²) in [5, 5.41) is 5.76. The molecule has 2 aromatic carbocycles. The van der Waals surface area contributed by atoms with E-state index < -0.39 is 0 Å². The van der Waals surface area contributed by atoms with Gasteiger partial charge < -0.3 is 10.1 Å². The first-order valence-corrected chi connectivity index (χ1v) is 8.28. The van der Waals surface area contributed by atoms with Crippen molar-refractivity contribution in [3.05, 3.63) is 64.7 Å². The van der Waals surface area contributed by atoms with Crippen LogP contribution in [0.25, 0.3) is 0 Å². The Morgan fingerprint density at radius 2 is 1.76 bits per heavy atom. The Morgan fingerprint density at radius 1 is 1.08 bits per heavy atom. The third kappa shape index (κ3) is 5.12. The molecule has 0 aliphatic carbocycles. The number of rotatable bonds is 4. The molecular weight excluding hydrogens is 336 g/mol. The Labute approximate surface area is 152 Å². The third-order valence-corrected chi connectivity index (χ3v) is 3.71. The molecule has 1 amide bonds. The first-order chi connectivity index (χ1) is 11.9. The minimum absolute atomic E-state index is 0.189. The first-order valence-electron chi connectivity index (χ1n) is 7.87. The normalized spacial score (nSPS) is 10.0. The van der Waals surface area contributed by atoms with E-state index in [1.54, 1.807) is 37.3 Å². The lowest BCUT2D eigenvalue weighted by atomic mass is 10.1. The fourth-order valence-electron chi connectivity index (χ4n) is 2.31. The second kappa shape index (κ2) is 8.39. The molecule has 0 atom stereocenters. The summed E-state index contributed by atoms with van der Waals surface area (Å²) < 4.78 is 4.93. The molecule has 6 heteroatoms. The lowest BCUT2D eigenvalue weighted by molar-refractivity contribution is 0.0526. The maximum atomic E-state index is 12.3. The van der Waals surface area contributed by atoms with Crippen LogP contribution in [0.5, 0.6) is 0 Å². The molecule has 0 unspecified atom stereocenters. The molecule has 0 saturated heterocycles. The number of esters is 1. The van der Waals surface area contributed by atoms with Crippen LogP contribution in [0.2, 0.25) is 0 Å². The fourth-order valence-corrected chi connectivity index (χ4v) is 2.52. The fraction of sp³-hybridized carbons (Fsp3) is 0.211. The predicted octanol–water partition coefficient (Wildman–Crippen LogP) is 3.61. The maximum Gasteiger partial charge on any atom is 0.338 e. The molecule has 0 heterocycles. The molecule has 130 valence electrons. The van der Waals surface area contributed by atoms with E-state index in [-0.39, 0.29) is 17.0 Å². The molecule has 5 nitrogen and oxygen atoms in total. The van der Waals surface area contributed by atoms with E-state index in [1.165, 1.54) is 0 Å². The van der Waals surface area contributed by atoms with Crippen molar-refractivity contribution < 1.29 is 14.3 Å². The van der Waals surface area contributed by atoms with E-state index in [1.807, 2.05) is 26.0 Å². The summed E-state index contributed by atoms with van der Waals surface area (Å²) in [4.78, 5) is 23.9. The van der Waals surface area contributed by atoms with Gasteiger partial charge in [-0.3, -0.25) is 10.1 Å². The van der Waals surface area contributed by atoms with E-state index in [0.717, 1.165) is 11.1 Å². The van der Waals surface area contributed by atoms with Crippen LogP contribution >= 0.6 is 12.2 Å². The molecule has 2 rings (SSSR count). The number of amides is 1. The standard InChI is InChI=1S/C19H20N2O3S/c1-4-24-18(23)14-6-8-15(9-7-14)20-19(25)21-17(22)16-10-5-12(2)11-13(16)3/h5-11H,4H2,1-3H3,(H2,20,21,22,25). The van der Waals surface area contributed by atoms with Gasteiger partial charge in [0.1, 0.15) is 0 Å². The van der Waals surface area contributed by atoms with Crippen molar-refractivity contribution in [1.82, 2.24) is 5.32 Å². The molecule has 0 aromatic heterocycles. The highest BCUT2D eigenvalue weighted by Gasteiger charge is 2.11. The average Bonchev–Trinajstić information content (AvgIpc) is 2.55. The molecule has 25 heavy (non-hydrogen) atoms. The highest BCUT2D eigenvalue weighted by Crippen LogP contribution is 2.12. The number of anilines is 1. The topological polar surface area (TPSA) is 67.4 Å². The van der Waals surface area contributed by atoms with Crippen LogP contribution in [0.4, 0.5) is 5.69 Å². The van der Waals surface area contributed by atoms with Crippen molar-refractivity contribution in [3.8, 4) is 0 Å². The van der Waals surface area contributed by atoms with Crippen molar-refractivity contribution in [1.29, 1.82) is 0 Å². The summed E-state index contributed by atoms with van der Waals surface area (Å²) >= 11 is 5.17. The van der Waals surface area contributed by atoms with Gasteiger partial charge in [-0.05, 0) is 68.9 Å². The smallest absolute Gasteiger partial charge is 0.338 e. The first kappa shape index (κ1) is 18.6. The van der Waals surface area contributed by atoms with Gasteiger partial charge in [-0.1, -0.05) is 17.7 Å². The molecule has 0 radical (unpaired) electrons. The van der Waals surface area contributed by atoms with Gasteiger partial charge in [-0.25, -0.2) is 4.79 Å². The number of ether oxygens (including phenoxy) is 1. The second-order valence-corrected chi connectivity index (χ2v) is 5.93. The molecule has 2 aromatic rings. The summed E-state index contributed by atoms with van der Waals surface area (Å²) in [6.45, 7) is 5.94. The van der Waals surface area contributed by atoms with Crippen molar-refractivity contribution in [2.24, 2.45) is 0 Å². The summed E-state index contributed by atoms with van der Waals surface area (Å²) in [5.41, 5.74) is 3.68. The molecule has 0 spiro atoms. The van der Waals surface area contributed by atoms with Gasteiger partial charge in [0.2, 0.25) is 0 Å². The zero-order valence-corrected chi connectivity index (χ0v) is 15.2. The zero-order valence-electron chi connectivity index (χ0n) is 14.4. The van der Waals surface area contributed by atoms with Crippen LogP contribution in [-0.4, -0.2) is 23.6 Å². The molecule has 0 aliphatic heterocycles. The average molecular weight is 356 g/mol. The molecule has 0 saturated carbocycles. The lowest BCUT2D eigenvalue weighted by Gasteiger charge is -2.11. The van der Waals surface area contributed by atoms with Gasteiger partial charge in [-0.15, -0.1) is 0 Å². The zero-order chi connectivity index (χ0) is 18.4. The Balaban J connectivity index is 1.97. The van der Waals surface area contributed by atoms with Crippen LogP contribution in [0.1, 0.15) is 38.8 Å². The van der Waals surface area contributed by atoms with E-state index in [0.29, 0.717) is 23.4 Å². The monoisotopic (exact) mass is 356 g/mol. The highest BCUT2D eigenvalue weighted by molar-refractivity contribution is 7.80. The van der Waals surface area contributed by atoms with Gasteiger partial charge >= 0.3 is 5.97 Å². The van der Waals surface area contributed by atoms with Crippen LogP contribution < -0.4 is 10.6 Å². The summed E-state index contributed by atoms with van der Waals surface area (Å²) in [6.07, 6.45) is 0. The Morgan fingerprint density at radius 3 is 2.36 bits per heavy atom. The van der Waals surface area contributed by atoms with Crippen LogP contribution in [0.3, 0.4) is 0 Å². The van der Waals surface area contributed by atoms with Crippen molar-refractivity contribution in [2.75, 3.05) is 11.9 Å². The van der Waals surface area contributed by atoms with Crippen molar-refractivity contribution >= 4 is 34.9 Å². The van der Waals surface area contributed by atoms with Gasteiger partial charge in [0, 0.05) is 11.3 Å². The van der Waals surface area contributed by atoms with E-state index in [4.69, 9.17) is 17.0 Å². The second-order valence-electron chi connectivity index (χ2n) is 5.52. The number of nitrogens with one attached hydrogen (secondary N) is 2. The molecular formula is C19H20N2O3S. The molecule has 2 N–H and O–H groups in total. The van der Waals surface area contributed by atoms with E-state index in [9.17, 15) is 9.59 Å². The minimum atomic E-state index is -0.375. The molecule has 0 bridgehead atoms. The van der Waals surface area contributed by atoms with Crippen LogP contribution in [0.15, 0.2) is 42.5 Å². The maximum absolute atomic E-state index is 12.3. The van der Waals surface area contributed by atoms with Crippen LogP contribution in [-0.2, 0) is 4.74 Å². The molecule has 0 fully saturated rings. The Hall–Kier alpha value is -2.73. The number of hydrogen-bond acceptors (Lipinski definition) is 4. The number of thiocarbonyl (C=S) groups is 1.